The number of rotatable bonds is 7. The molecule has 0 heterocycles. The molecular formula is C18H23NO2S2. The zero-order valence-corrected chi connectivity index (χ0v) is 15.4. The Bertz CT molecular complexity index is 753. The van der Waals surface area contributed by atoms with Crippen LogP contribution in [0.2, 0.25) is 0 Å². The summed E-state index contributed by atoms with van der Waals surface area (Å²) in [6.45, 7) is 6.43. The lowest BCUT2D eigenvalue weighted by molar-refractivity contribution is 0.584. The number of nitrogens with one attached hydrogen (secondary N) is 1. The number of hydrogen-bond acceptors (Lipinski definition) is 3. The third kappa shape index (κ3) is 5.09. The van der Waals surface area contributed by atoms with Crippen LogP contribution in [-0.2, 0) is 16.4 Å². The largest absolute Gasteiger partial charge is 0.240 e. The number of hydrogen-bond donors (Lipinski definition) is 1. The monoisotopic (exact) mass is 349 g/mol. The van der Waals surface area contributed by atoms with Crippen LogP contribution in [-0.4, -0.2) is 20.7 Å². The van der Waals surface area contributed by atoms with E-state index in [9.17, 15) is 8.42 Å². The Morgan fingerprint density at radius 2 is 1.70 bits per heavy atom. The molecule has 0 aliphatic rings. The second-order valence-corrected chi connectivity index (χ2v) is 8.43. The Kier molecular flexibility index (Phi) is 6.27. The number of benzene rings is 2. The topological polar surface area (TPSA) is 46.2 Å². The summed E-state index contributed by atoms with van der Waals surface area (Å²) in [6, 6.07) is 13.6. The lowest BCUT2D eigenvalue weighted by atomic mass is 10.1. The molecule has 124 valence electrons. The highest BCUT2D eigenvalue weighted by atomic mass is 32.2. The summed E-state index contributed by atoms with van der Waals surface area (Å²) in [7, 11) is -3.43. The first kappa shape index (κ1) is 18.0. The minimum Gasteiger partial charge on any atom is -0.210 e. The normalized spacial score (nSPS) is 11.6. The van der Waals surface area contributed by atoms with Gasteiger partial charge in [-0.15, -0.1) is 11.8 Å². The molecule has 0 unspecified atom stereocenters. The van der Waals surface area contributed by atoms with E-state index < -0.39 is 10.0 Å². The van der Waals surface area contributed by atoms with Crippen LogP contribution in [0.1, 0.15) is 23.6 Å². The predicted molar refractivity (Wildman–Crippen MR) is 97.6 cm³/mol. The fourth-order valence-electron chi connectivity index (χ4n) is 2.13. The summed E-state index contributed by atoms with van der Waals surface area (Å²) < 4.78 is 27.2. The fraction of sp³-hybridized carbons (Fsp3) is 0.333. The van der Waals surface area contributed by atoms with Gasteiger partial charge in [-0.1, -0.05) is 25.1 Å². The molecule has 0 atom stereocenters. The Morgan fingerprint density at radius 1 is 1.00 bits per heavy atom. The molecule has 1 N–H and O–H groups in total. The van der Waals surface area contributed by atoms with Crippen LogP contribution in [0.5, 0.6) is 0 Å². The smallest absolute Gasteiger partial charge is 0.210 e. The number of thioether (sulfide) groups is 1. The van der Waals surface area contributed by atoms with Crippen molar-refractivity contribution in [2.24, 2.45) is 0 Å². The van der Waals surface area contributed by atoms with Gasteiger partial charge in [-0.05, 0) is 61.2 Å². The van der Waals surface area contributed by atoms with E-state index in [1.807, 2.05) is 19.9 Å². The summed E-state index contributed by atoms with van der Waals surface area (Å²) in [5.41, 5.74) is 3.39. The first-order chi connectivity index (χ1) is 10.9. The van der Waals surface area contributed by atoms with Crippen LogP contribution in [0, 0.1) is 13.8 Å². The van der Waals surface area contributed by atoms with E-state index in [1.165, 1.54) is 5.56 Å². The van der Waals surface area contributed by atoms with Crippen LogP contribution >= 0.6 is 11.8 Å². The average Bonchev–Trinajstić information content (AvgIpc) is 2.54. The third-order valence-corrected chi connectivity index (χ3v) is 6.26. The van der Waals surface area contributed by atoms with Gasteiger partial charge >= 0.3 is 0 Å². The molecule has 2 aromatic carbocycles. The minimum atomic E-state index is -3.43. The molecule has 3 nitrogen and oxygen atoms in total. The maximum Gasteiger partial charge on any atom is 0.240 e. The van der Waals surface area contributed by atoms with E-state index in [4.69, 9.17) is 0 Å². The highest BCUT2D eigenvalue weighted by molar-refractivity contribution is 7.99. The fourth-order valence-corrected chi connectivity index (χ4v) is 4.14. The quantitative estimate of drug-likeness (QED) is 0.608. The van der Waals surface area contributed by atoms with Gasteiger partial charge in [0.25, 0.3) is 0 Å². The van der Waals surface area contributed by atoms with Crippen LogP contribution in [0.3, 0.4) is 0 Å². The Morgan fingerprint density at radius 3 is 2.30 bits per heavy atom. The van der Waals surface area contributed by atoms with Gasteiger partial charge in [0.2, 0.25) is 10.0 Å². The van der Waals surface area contributed by atoms with E-state index in [0.717, 1.165) is 22.4 Å². The number of sulfonamides is 1. The van der Waals surface area contributed by atoms with E-state index in [-0.39, 0.29) is 0 Å². The first-order valence-electron chi connectivity index (χ1n) is 7.71. The molecule has 2 rings (SSSR count). The Hall–Kier alpha value is -1.30. The molecule has 0 spiro atoms. The Labute approximate surface area is 143 Å². The third-order valence-electron chi connectivity index (χ3n) is 3.78. The molecule has 23 heavy (non-hydrogen) atoms. The van der Waals surface area contributed by atoms with Gasteiger partial charge < -0.3 is 0 Å². The van der Waals surface area contributed by atoms with Crippen molar-refractivity contribution in [3.63, 3.8) is 0 Å². The molecule has 2 aromatic rings. The van der Waals surface area contributed by atoms with Gasteiger partial charge in [-0.25, -0.2) is 13.1 Å². The summed E-state index contributed by atoms with van der Waals surface area (Å²) in [5, 5.41) is 0. The van der Waals surface area contributed by atoms with Crippen LogP contribution in [0.15, 0.2) is 52.3 Å². The highest BCUT2D eigenvalue weighted by Crippen LogP contribution is 2.19. The maximum atomic E-state index is 12.3. The van der Waals surface area contributed by atoms with Crippen molar-refractivity contribution in [1.29, 1.82) is 0 Å². The molecule has 0 saturated carbocycles. The van der Waals surface area contributed by atoms with Crippen molar-refractivity contribution in [3.05, 3.63) is 59.2 Å². The van der Waals surface area contributed by atoms with Crippen LogP contribution in [0.25, 0.3) is 0 Å². The molecule has 5 heteroatoms. The highest BCUT2D eigenvalue weighted by Gasteiger charge is 2.13. The van der Waals surface area contributed by atoms with Gasteiger partial charge in [0.1, 0.15) is 0 Å². The van der Waals surface area contributed by atoms with Gasteiger partial charge in [-0.2, -0.15) is 0 Å². The van der Waals surface area contributed by atoms with Crippen molar-refractivity contribution >= 4 is 21.8 Å². The van der Waals surface area contributed by atoms with E-state index in [2.05, 4.69) is 35.9 Å². The summed E-state index contributed by atoms with van der Waals surface area (Å²) in [4.78, 5) is 1.49. The molecule has 0 aliphatic carbocycles. The van der Waals surface area contributed by atoms with Crippen molar-refractivity contribution in [3.8, 4) is 0 Å². The second kappa shape index (κ2) is 7.99. The molecule has 0 saturated heterocycles. The first-order valence-corrected chi connectivity index (χ1v) is 10.2. The standard InChI is InChI=1S/C18H23NO2S2/c1-4-16-6-8-17(9-7-16)22-12-11-19-23(20,21)18-10-5-14(2)15(3)13-18/h5-10,13,19H,4,11-12H2,1-3H3. The van der Waals surface area contributed by atoms with Crippen molar-refractivity contribution in [2.45, 2.75) is 37.0 Å². The minimum absolute atomic E-state index is 0.331. The van der Waals surface area contributed by atoms with Crippen molar-refractivity contribution < 1.29 is 8.42 Å². The van der Waals surface area contributed by atoms with Crippen molar-refractivity contribution in [2.75, 3.05) is 12.3 Å². The second-order valence-electron chi connectivity index (χ2n) is 5.49. The molecule has 0 aliphatic heterocycles. The predicted octanol–water partition coefficient (Wildman–Crippen LogP) is 3.94. The molecule has 0 bridgehead atoms. The number of aryl methyl sites for hydroxylation is 3. The van der Waals surface area contributed by atoms with Crippen LogP contribution < -0.4 is 4.72 Å². The summed E-state index contributed by atoms with van der Waals surface area (Å²) in [6.07, 6.45) is 1.03. The maximum absolute atomic E-state index is 12.3. The lowest BCUT2D eigenvalue weighted by Gasteiger charge is -2.09. The van der Waals surface area contributed by atoms with E-state index in [1.54, 1.807) is 23.9 Å². The zero-order valence-electron chi connectivity index (χ0n) is 13.8. The van der Waals surface area contributed by atoms with Gasteiger partial charge in [-0.3, -0.25) is 0 Å². The summed E-state index contributed by atoms with van der Waals surface area (Å²) in [5.74, 6) is 0.704. The molecule has 0 aromatic heterocycles. The lowest BCUT2D eigenvalue weighted by Crippen LogP contribution is -2.26. The van der Waals surface area contributed by atoms with Gasteiger partial charge in [0, 0.05) is 17.2 Å². The molecule has 0 radical (unpaired) electrons. The molecular weight excluding hydrogens is 326 g/mol. The van der Waals surface area contributed by atoms with Gasteiger partial charge in [0.05, 0.1) is 4.90 Å². The van der Waals surface area contributed by atoms with E-state index >= 15 is 0 Å². The summed E-state index contributed by atoms with van der Waals surface area (Å²) >= 11 is 1.65. The molecule has 0 fully saturated rings. The van der Waals surface area contributed by atoms with Gasteiger partial charge in [0.15, 0.2) is 0 Å². The van der Waals surface area contributed by atoms with E-state index in [0.29, 0.717) is 17.2 Å². The Balaban J connectivity index is 1.88. The average molecular weight is 350 g/mol. The zero-order chi connectivity index (χ0) is 16.9. The molecule has 0 amide bonds. The van der Waals surface area contributed by atoms with Crippen LogP contribution in [0.4, 0.5) is 0 Å². The van der Waals surface area contributed by atoms with Crippen molar-refractivity contribution in [1.82, 2.24) is 4.72 Å². The SMILES string of the molecule is CCc1ccc(SCCNS(=O)(=O)c2ccc(C)c(C)c2)cc1.